The van der Waals surface area contributed by atoms with Crippen LogP contribution in [0.15, 0.2) is 12.1 Å². The number of benzene rings is 1. The van der Waals surface area contributed by atoms with Gasteiger partial charge in [-0.2, -0.15) is 0 Å². The van der Waals surface area contributed by atoms with Crippen LogP contribution in [0, 0.1) is 5.92 Å². The highest BCUT2D eigenvalue weighted by Crippen LogP contribution is 2.29. The summed E-state index contributed by atoms with van der Waals surface area (Å²) < 4.78 is 0. The third kappa shape index (κ3) is 3.29. The Morgan fingerprint density at radius 2 is 2.06 bits per heavy atom. The van der Waals surface area contributed by atoms with E-state index in [1.807, 2.05) is 13.8 Å². The highest BCUT2D eigenvalue weighted by Gasteiger charge is 2.11. The minimum Gasteiger partial charge on any atom is -0.397 e. The number of carbonyl (C=O) groups is 1. The van der Waals surface area contributed by atoms with Gasteiger partial charge in [0.25, 0.3) is 5.91 Å². The van der Waals surface area contributed by atoms with Crippen LogP contribution in [0.3, 0.4) is 0 Å². The first-order valence-corrected chi connectivity index (χ1v) is 5.70. The molecule has 1 aromatic carbocycles. The number of carbonyl (C=O) groups excluding carboxylic acids is 1. The van der Waals surface area contributed by atoms with Crippen LogP contribution in [-0.2, 0) is 0 Å². The molecule has 88 valence electrons. The van der Waals surface area contributed by atoms with E-state index in [9.17, 15) is 4.79 Å². The quantitative estimate of drug-likeness (QED) is 0.822. The van der Waals surface area contributed by atoms with Gasteiger partial charge in [0, 0.05) is 12.1 Å². The van der Waals surface area contributed by atoms with Gasteiger partial charge in [-0.1, -0.05) is 37.0 Å². The van der Waals surface area contributed by atoms with Crippen molar-refractivity contribution >= 4 is 34.8 Å². The summed E-state index contributed by atoms with van der Waals surface area (Å²) in [7, 11) is 0. The predicted octanol–water partition coefficient (Wildman–Crippen LogP) is 2.96. The van der Waals surface area contributed by atoms with Crippen molar-refractivity contribution in [2.75, 3.05) is 12.3 Å². The fourth-order valence-electron chi connectivity index (χ4n) is 1.14. The molecule has 0 aliphatic rings. The van der Waals surface area contributed by atoms with E-state index in [1.165, 1.54) is 12.1 Å². The second-order valence-corrected chi connectivity index (χ2v) is 4.75. The van der Waals surface area contributed by atoms with Crippen molar-refractivity contribution in [2.24, 2.45) is 5.92 Å². The third-order valence-corrected chi connectivity index (χ3v) is 2.81. The summed E-state index contributed by atoms with van der Waals surface area (Å²) in [6.45, 7) is 4.64. The molecule has 0 fully saturated rings. The van der Waals surface area contributed by atoms with E-state index < -0.39 is 0 Å². The van der Waals surface area contributed by atoms with Crippen LogP contribution in [0.2, 0.25) is 10.0 Å². The molecular weight excluding hydrogens is 247 g/mol. The lowest BCUT2D eigenvalue weighted by Crippen LogP contribution is -2.27. The fraction of sp³-hybridized carbons (Fsp3) is 0.364. The van der Waals surface area contributed by atoms with Gasteiger partial charge in [0.1, 0.15) is 0 Å². The topological polar surface area (TPSA) is 55.1 Å². The number of halogens is 2. The van der Waals surface area contributed by atoms with Gasteiger partial charge in [0.15, 0.2) is 0 Å². The van der Waals surface area contributed by atoms with E-state index in [2.05, 4.69) is 5.32 Å². The SMILES string of the molecule is CC(C)CNC(=O)c1cc(N)c(Cl)c(Cl)c1. The predicted molar refractivity (Wildman–Crippen MR) is 68.0 cm³/mol. The fourth-order valence-corrected chi connectivity index (χ4v) is 1.48. The van der Waals surface area contributed by atoms with Crippen molar-refractivity contribution in [1.82, 2.24) is 5.32 Å². The lowest BCUT2D eigenvalue weighted by molar-refractivity contribution is 0.0949. The number of rotatable bonds is 3. The van der Waals surface area contributed by atoms with E-state index in [1.54, 1.807) is 0 Å². The van der Waals surface area contributed by atoms with Crippen LogP contribution in [0.4, 0.5) is 5.69 Å². The number of amides is 1. The maximum atomic E-state index is 11.7. The summed E-state index contributed by atoms with van der Waals surface area (Å²) in [6, 6.07) is 3.03. The van der Waals surface area contributed by atoms with Gasteiger partial charge in [-0.3, -0.25) is 4.79 Å². The molecule has 0 saturated heterocycles. The average Bonchev–Trinajstić information content (AvgIpc) is 2.21. The largest absolute Gasteiger partial charge is 0.397 e. The first-order valence-electron chi connectivity index (χ1n) is 4.94. The Labute approximate surface area is 105 Å². The molecule has 0 heterocycles. The molecule has 0 spiro atoms. The van der Waals surface area contributed by atoms with E-state index >= 15 is 0 Å². The Morgan fingerprint density at radius 3 is 2.56 bits per heavy atom. The maximum absolute atomic E-state index is 11.7. The zero-order valence-corrected chi connectivity index (χ0v) is 10.7. The van der Waals surface area contributed by atoms with E-state index in [-0.39, 0.29) is 16.0 Å². The molecule has 0 radical (unpaired) electrons. The molecule has 16 heavy (non-hydrogen) atoms. The highest BCUT2D eigenvalue weighted by atomic mass is 35.5. The zero-order chi connectivity index (χ0) is 12.3. The molecule has 0 atom stereocenters. The van der Waals surface area contributed by atoms with Crippen molar-refractivity contribution in [1.29, 1.82) is 0 Å². The average molecular weight is 261 g/mol. The minimum absolute atomic E-state index is 0.195. The Hall–Kier alpha value is -0.930. The molecule has 1 aromatic rings. The number of nitrogens with one attached hydrogen (secondary N) is 1. The molecule has 0 aliphatic carbocycles. The van der Waals surface area contributed by atoms with Crippen LogP contribution >= 0.6 is 23.2 Å². The number of hydrogen-bond donors (Lipinski definition) is 2. The molecule has 0 aliphatic heterocycles. The van der Waals surface area contributed by atoms with Crippen LogP contribution in [0.5, 0.6) is 0 Å². The van der Waals surface area contributed by atoms with E-state index in [0.29, 0.717) is 23.7 Å². The van der Waals surface area contributed by atoms with Crippen molar-refractivity contribution < 1.29 is 4.79 Å². The number of hydrogen-bond acceptors (Lipinski definition) is 2. The van der Waals surface area contributed by atoms with Crippen molar-refractivity contribution in [3.63, 3.8) is 0 Å². The van der Waals surface area contributed by atoms with Gasteiger partial charge in [-0.05, 0) is 18.1 Å². The molecule has 0 saturated carbocycles. The van der Waals surface area contributed by atoms with Crippen LogP contribution < -0.4 is 11.1 Å². The smallest absolute Gasteiger partial charge is 0.251 e. The van der Waals surface area contributed by atoms with Gasteiger partial charge < -0.3 is 11.1 Å². The first-order chi connectivity index (χ1) is 7.41. The molecule has 0 aromatic heterocycles. The normalized spacial score (nSPS) is 10.6. The Kier molecular flexibility index (Phi) is 4.44. The minimum atomic E-state index is -0.195. The van der Waals surface area contributed by atoms with Crippen molar-refractivity contribution in [3.8, 4) is 0 Å². The molecule has 0 bridgehead atoms. The number of nitrogens with two attached hydrogens (primary N) is 1. The summed E-state index contributed by atoms with van der Waals surface area (Å²) in [4.78, 5) is 11.7. The van der Waals surface area contributed by atoms with Crippen LogP contribution in [-0.4, -0.2) is 12.5 Å². The van der Waals surface area contributed by atoms with Gasteiger partial charge in [0.05, 0.1) is 15.7 Å². The standard InChI is InChI=1S/C11H14Cl2N2O/c1-6(2)5-15-11(16)7-3-8(12)10(13)9(14)4-7/h3-4,6H,5,14H2,1-2H3,(H,15,16). The zero-order valence-electron chi connectivity index (χ0n) is 9.18. The van der Waals surface area contributed by atoms with Crippen LogP contribution in [0.1, 0.15) is 24.2 Å². The van der Waals surface area contributed by atoms with Gasteiger partial charge in [0.2, 0.25) is 0 Å². The highest BCUT2D eigenvalue weighted by molar-refractivity contribution is 6.43. The van der Waals surface area contributed by atoms with Gasteiger partial charge in [-0.15, -0.1) is 0 Å². The first kappa shape index (κ1) is 13.1. The van der Waals surface area contributed by atoms with Crippen molar-refractivity contribution in [3.05, 3.63) is 27.7 Å². The second kappa shape index (κ2) is 5.41. The summed E-state index contributed by atoms with van der Waals surface area (Å²) >= 11 is 11.6. The molecule has 3 N–H and O–H groups in total. The molecular formula is C11H14Cl2N2O. The van der Waals surface area contributed by atoms with Gasteiger partial charge >= 0.3 is 0 Å². The lowest BCUT2D eigenvalue weighted by atomic mass is 10.1. The molecule has 1 amide bonds. The van der Waals surface area contributed by atoms with E-state index in [4.69, 9.17) is 28.9 Å². The molecule has 3 nitrogen and oxygen atoms in total. The molecule has 5 heteroatoms. The lowest BCUT2D eigenvalue weighted by Gasteiger charge is -2.09. The number of anilines is 1. The summed E-state index contributed by atoms with van der Waals surface area (Å²) in [5, 5.41) is 3.34. The summed E-state index contributed by atoms with van der Waals surface area (Å²) in [5.74, 6) is 0.197. The maximum Gasteiger partial charge on any atom is 0.251 e. The third-order valence-electron chi connectivity index (χ3n) is 1.99. The monoisotopic (exact) mass is 260 g/mol. The Balaban J connectivity index is 2.84. The molecule has 0 unspecified atom stereocenters. The van der Waals surface area contributed by atoms with Crippen LogP contribution in [0.25, 0.3) is 0 Å². The number of nitrogen functional groups attached to an aromatic ring is 1. The Morgan fingerprint density at radius 1 is 1.44 bits per heavy atom. The van der Waals surface area contributed by atoms with Gasteiger partial charge in [-0.25, -0.2) is 0 Å². The Bertz CT molecular complexity index is 382. The van der Waals surface area contributed by atoms with Crippen molar-refractivity contribution in [2.45, 2.75) is 13.8 Å². The second-order valence-electron chi connectivity index (χ2n) is 3.97. The molecule has 1 rings (SSSR count). The summed E-state index contributed by atoms with van der Waals surface area (Å²) in [5.41, 5.74) is 6.35. The van der Waals surface area contributed by atoms with E-state index in [0.717, 1.165) is 0 Å². The summed E-state index contributed by atoms with van der Waals surface area (Å²) in [6.07, 6.45) is 0.